The number of aliphatic hydroxyl groups is 1. The van der Waals surface area contributed by atoms with Crippen molar-refractivity contribution >= 4 is 0 Å². The van der Waals surface area contributed by atoms with Crippen LogP contribution in [0.1, 0.15) is 51.7 Å². The van der Waals surface area contributed by atoms with Gasteiger partial charge in [-0.15, -0.1) is 0 Å². The van der Waals surface area contributed by atoms with Crippen molar-refractivity contribution in [2.75, 3.05) is 13.2 Å². The second kappa shape index (κ2) is 9.60. The third-order valence-electron chi connectivity index (χ3n) is 3.68. The summed E-state index contributed by atoms with van der Waals surface area (Å²) < 4.78 is 0. The molecule has 0 aliphatic heterocycles. The molecule has 2 heteroatoms. The normalized spacial score (nSPS) is 11.0. The van der Waals surface area contributed by atoms with Crippen LogP contribution in [0.3, 0.4) is 0 Å². The zero-order valence-electron chi connectivity index (χ0n) is 13.9. The predicted molar refractivity (Wildman–Crippen MR) is 90.0 cm³/mol. The van der Waals surface area contributed by atoms with E-state index in [0.29, 0.717) is 12.0 Å². The molecule has 0 saturated carbocycles. The number of nitrogens with zero attached hydrogens (tertiary/aromatic N) is 1. The lowest BCUT2D eigenvalue weighted by Crippen LogP contribution is -2.36. The van der Waals surface area contributed by atoms with Gasteiger partial charge in [-0.05, 0) is 36.5 Å². The fraction of sp³-hybridized carbons (Fsp3) is 0.579. The largest absolute Gasteiger partial charge is 0.384 e. The predicted octanol–water partition coefficient (Wildman–Crippen LogP) is 3.68. The molecule has 1 aromatic rings. The lowest BCUT2D eigenvalue weighted by atomic mass is 10.0. The molecule has 0 amide bonds. The Hall–Kier alpha value is -1.30. The fourth-order valence-corrected chi connectivity index (χ4v) is 2.74. The van der Waals surface area contributed by atoms with Crippen molar-refractivity contribution < 1.29 is 5.11 Å². The smallest absolute Gasteiger partial charge is 0.104 e. The van der Waals surface area contributed by atoms with E-state index in [4.69, 9.17) is 5.11 Å². The summed E-state index contributed by atoms with van der Waals surface area (Å²) in [6.45, 7) is 11.1. The van der Waals surface area contributed by atoms with E-state index in [-0.39, 0.29) is 6.61 Å². The highest BCUT2D eigenvalue weighted by atomic mass is 16.2. The van der Waals surface area contributed by atoms with E-state index < -0.39 is 0 Å². The average Bonchev–Trinajstić information content (AvgIpc) is 2.46. The number of benzene rings is 1. The van der Waals surface area contributed by atoms with E-state index in [1.54, 1.807) is 0 Å². The van der Waals surface area contributed by atoms with E-state index >= 15 is 0 Å². The van der Waals surface area contributed by atoms with Crippen LogP contribution in [-0.2, 0) is 6.54 Å². The number of aliphatic hydroxyl groups excluding tert-OH is 1. The van der Waals surface area contributed by atoms with E-state index in [2.05, 4.69) is 62.6 Å². The lowest BCUT2D eigenvalue weighted by Gasteiger charge is -2.32. The Labute approximate surface area is 130 Å². The monoisotopic (exact) mass is 287 g/mol. The van der Waals surface area contributed by atoms with Crippen LogP contribution in [0, 0.1) is 17.8 Å². The average molecular weight is 287 g/mol. The highest BCUT2D eigenvalue weighted by Gasteiger charge is 2.16. The summed E-state index contributed by atoms with van der Waals surface area (Å²) in [5.41, 5.74) is 2.28. The molecule has 1 N–H and O–H groups in total. The van der Waals surface area contributed by atoms with Gasteiger partial charge in [-0.1, -0.05) is 51.7 Å². The minimum atomic E-state index is -0.0859. The Bertz CT molecular complexity index is 466. The molecule has 0 unspecified atom stereocenters. The van der Waals surface area contributed by atoms with Crippen molar-refractivity contribution in [3.05, 3.63) is 35.4 Å². The number of rotatable bonds is 7. The van der Waals surface area contributed by atoms with Crippen LogP contribution in [0.15, 0.2) is 24.3 Å². The Morgan fingerprint density at radius 3 is 2.48 bits per heavy atom. The number of hydrogen-bond acceptors (Lipinski definition) is 2. The third-order valence-corrected chi connectivity index (χ3v) is 3.68. The fourth-order valence-electron chi connectivity index (χ4n) is 2.74. The summed E-state index contributed by atoms with van der Waals surface area (Å²) >= 11 is 0. The van der Waals surface area contributed by atoms with E-state index in [1.165, 1.54) is 18.4 Å². The van der Waals surface area contributed by atoms with Crippen molar-refractivity contribution in [1.29, 1.82) is 0 Å². The molecule has 21 heavy (non-hydrogen) atoms. The molecular weight excluding hydrogens is 258 g/mol. The molecule has 0 atom stereocenters. The maximum absolute atomic E-state index is 8.80. The molecule has 0 aliphatic carbocycles. The van der Waals surface area contributed by atoms with E-state index in [9.17, 15) is 0 Å². The molecule has 0 radical (unpaired) electrons. The van der Waals surface area contributed by atoms with E-state index in [1.807, 2.05) is 6.07 Å². The topological polar surface area (TPSA) is 23.5 Å². The molecule has 2 nitrogen and oxygen atoms in total. The standard InChI is InChI=1S/C19H29NO/c1-5-19(6-2)20(14-16(3)4)15-18-10-7-9-17(13-18)11-8-12-21/h7,9-10,13,16,19,21H,5-6,12,14-15H2,1-4H3. The molecule has 0 aromatic heterocycles. The second-order valence-corrected chi connectivity index (χ2v) is 5.95. The summed E-state index contributed by atoms with van der Waals surface area (Å²) in [7, 11) is 0. The van der Waals surface area contributed by atoms with Crippen LogP contribution in [-0.4, -0.2) is 29.2 Å². The van der Waals surface area contributed by atoms with Gasteiger partial charge < -0.3 is 5.11 Å². The first-order valence-electron chi connectivity index (χ1n) is 8.03. The Morgan fingerprint density at radius 1 is 1.19 bits per heavy atom. The first-order valence-corrected chi connectivity index (χ1v) is 8.03. The maximum Gasteiger partial charge on any atom is 0.104 e. The van der Waals surface area contributed by atoms with Gasteiger partial charge in [0, 0.05) is 24.7 Å². The first-order chi connectivity index (χ1) is 10.1. The molecule has 0 fully saturated rings. The molecule has 0 spiro atoms. The van der Waals surface area contributed by atoms with Crippen LogP contribution >= 0.6 is 0 Å². The van der Waals surface area contributed by atoms with E-state index in [0.717, 1.165) is 18.7 Å². The van der Waals surface area contributed by atoms with Gasteiger partial charge in [0.05, 0.1) is 0 Å². The number of hydrogen-bond donors (Lipinski definition) is 1. The summed E-state index contributed by atoms with van der Waals surface area (Å²) in [5, 5.41) is 8.80. The summed E-state index contributed by atoms with van der Waals surface area (Å²) in [5.74, 6) is 6.37. The molecule has 116 valence electrons. The van der Waals surface area contributed by atoms with Crippen molar-refractivity contribution in [2.24, 2.45) is 5.92 Å². The van der Waals surface area contributed by atoms with Gasteiger partial charge in [0.2, 0.25) is 0 Å². The van der Waals surface area contributed by atoms with Crippen molar-refractivity contribution in [2.45, 2.75) is 53.1 Å². The molecule has 0 heterocycles. The Kier molecular flexibility index (Phi) is 8.12. The van der Waals surface area contributed by atoms with Crippen LogP contribution in [0.25, 0.3) is 0 Å². The Balaban J connectivity index is 2.87. The summed E-state index contributed by atoms with van der Waals surface area (Å²) in [4.78, 5) is 2.59. The van der Waals surface area contributed by atoms with Gasteiger partial charge in [-0.2, -0.15) is 0 Å². The summed E-state index contributed by atoms with van der Waals surface area (Å²) in [6.07, 6.45) is 2.38. The van der Waals surface area contributed by atoms with Crippen molar-refractivity contribution in [3.63, 3.8) is 0 Å². The first kappa shape index (κ1) is 17.8. The SMILES string of the molecule is CCC(CC)N(Cc1cccc(C#CCO)c1)CC(C)C. The maximum atomic E-state index is 8.80. The van der Waals surface area contributed by atoms with Gasteiger partial charge >= 0.3 is 0 Å². The minimum absolute atomic E-state index is 0.0859. The van der Waals surface area contributed by atoms with Crippen LogP contribution in [0.2, 0.25) is 0 Å². The summed E-state index contributed by atoms with van der Waals surface area (Å²) in [6, 6.07) is 8.99. The Morgan fingerprint density at radius 2 is 1.90 bits per heavy atom. The van der Waals surface area contributed by atoms with Crippen molar-refractivity contribution in [1.82, 2.24) is 4.90 Å². The van der Waals surface area contributed by atoms with Crippen molar-refractivity contribution in [3.8, 4) is 11.8 Å². The van der Waals surface area contributed by atoms with Crippen LogP contribution < -0.4 is 0 Å². The molecular formula is C19H29NO. The van der Waals surface area contributed by atoms with Gasteiger partial charge in [-0.3, -0.25) is 4.90 Å². The highest BCUT2D eigenvalue weighted by Crippen LogP contribution is 2.16. The third kappa shape index (κ3) is 6.33. The second-order valence-electron chi connectivity index (χ2n) is 5.95. The molecule has 0 bridgehead atoms. The zero-order chi connectivity index (χ0) is 15.7. The molecule has 1 rings (SSSR count). The highest BCUT2D eigenvalue weighted by molar-refractivity contribution is 5.37. The van der Waals surface area contributed by atoms with Gasteiger partial charge in [0.15, 0.2) is 0 Å². The van der Waals surface area contributed by atoms with Crippen LogP contribution in [0.4, 0.5) is 0 Å². The van der Waals surface area contributed by atoms with Gasteiger partial charge in [0.25, 0.3) is 0 Å². The molecule has 0 saturated heterocycles. The van der Waals surface area contributed by atoms with Gasteiger partial charge in [-0.25, -0.2) is 0 Å². The van der Waals surface area contributed by atoms with Crippen LogP contribution in [0.5, 0.6) is 0 Å². The molecule has 0 aliphatic rings. The quantitative estimate of drug-likeness (QED) is 0.773. The minimum Gasteiger partial charge on any atom is -0.384 e. The molecule has 1 aromatic carbocycles. The lowest BCUT2D eigenvalue weighted by molar-refractivity contribution is 0.157. The zero-order valence-corrected chi connectivity index (χ0v) is 13.9. The van der Waals surface area contributed by atoms with Gasteiger partial charge in [0.1, 0.15) is 6.61 Å².